The smallest absolute Gasteiger partial charge is 0.253 e. The molecule has 0 N–H and O–H groups in total. The zero-order valence-corrected chi connectivity index (χ0v) is 17.7. The molecule has 30 heavy (non-hydrogen) atoms. The molecule has 0 unspecified atom stereocenters. The third kappa shape index (κ3) is 3.76. The molecule has 156 valence electrons. The van der Waals surface area contributed by atoms with Crippen molar-refractivity contribution >= 4 is 15.9 Å². The molecule has 1 aliphatic heterocycles. The van der Waals surface area contributed by atoms with Crippen molar-refractivity contribution in [1.82, 2.24) is 14.4 Å². The molecule has 2 heterocycles. The van der Waals surface area contributed by atoms with Crippen LogP contribution in [0, 0.1) is 13.8 Å². The molecule has 2 aromatic carbocycles. The molecule has 3 aromatic rings. The van der Waals surface area contributed by atoms with Gasteiger partial charge in [-0.3, -0.25) is 4.79 Å². The molecule has 7 nitrogen and oxygen atoms in total. The quantitative estimate of drug-likeness (QED) is 0.641. The van der Waals surface area contributed by atoms with Crippen LogP contribution >= 0.6 is 0 Å². The van der Waals surface area contributed by atoms with Crippen LogP contribution in [0.2, 0.25) is 0 Å². The zero-order valence-electron chi connectivity index (χ0n) is 16.9. The average molecular weight is 426 g/mol. The van der Waals surface area contributed by atoms with Gasteiger partial charge in [0.15, 0.2) is 5.76 Å². The van der Waals surface area contributed by atoms with Gasteiger partial charge >= 0.3 is 0 Å². The summed E-state index contributed by atoms with van der Waals surface area (Å²) >= 11 is 0. The Hall–Kier alpha value is -2.97. The third-order valence-corrected chi connectivity index (χ3v) is 7.47. The number of hydrogen-bond donors (Lipinski definition) is 0. The molecule has 1 aliphatic rings. The van der Waals surface area contributed by atoms with E-state index in [2.05, 4.69) is 5.16 Å². The highest BCUT2D eigenvalue weighted by molar-refractivity contribution is 7.89. The molecule has 0 atom stereocenters. The Morgan fingerprint density at radius 2 is 1.50 bits per heavy atom. The molecule has 8 heteroatoms. The minimum Gasteiger partial charge on any atom is -0.360 e. The van der Waals surface area contributed by atoms with E-state index in [1.807, 2.05) is 54.6 Å². The van der Waals surface area contributed by atoms with Gasteiger partial charge in [0.05, 0.1) is 0 Å². The number of rotatable bonds is 4. The van der Waals surface area contributed by atoms with Crippen LogP contribution in [0.4, 0.5) is 0 Å². The van der Waals surface area contributed by atoms with E-state index in [4.69, 9.17) is 4.52 Å². The van der Waals surface area contributed by atoms with E-state index in [0.717, 1.165) is 11.1 Å². The Kier molecular flexibility index (Phi) is 5.44. The van der Waals surface area contributed by atoms with Gasteiger partial charge in [-0.15, -0.1) is 0 Å². The molecule has 0 bridgehead atoms. The monoisotopic (exact) mass is 425 g/mol. The summed E-state index contributed by atoms with van der Waals surface area (Å²) in [6.07, 6.45) is 0. The van der Waals surface area contributed by atoms with Crippen molar-refractivity contribution in [1.29, 1.82) is 0 Å². The Morgan fingerprint density at radius 3 is 2.07 bits per heavy atom. The van der Waals surface area contributed by atoms with Crippen molar-refractivity contribution in [3.8, 4) is 11.1 Å². The van der Waals surface area contributed by atoms with Crippen molar-refractivity contribution < 1.29 is 17.7 Å². The lowest BCUT2D eigenvalue weighted by atomic mass is 10.0. The second kappa shape index (κ2) is 8.04. The van der Waals surface area contributed by atoms with Crippen molar-refractivity contribution in [3.63, 3.8) is 0 Å². The van der Waals surface area contributed by atoms with Gasteiger partial charge in [0.2, 0.25) is 10.0 Å². The molecule has 0 radical (unpaired) electrons. The molecule has 1 aromatic heterocycles. The molecule has 1 saturated heterocycles. The largest absolute Gasteiger partial charge is 0.360 e. The fourth-order valence-corrected chi connectivity index (χ4v) is 5.44. The van der Waals surface area contributed by atoms with E-state index in [0.29, 0.717) is 24.3 Å². The normalized spacial score (nSPS) is 15.3. The number of aryl methyl sites for hydroxylation is 2. The van der Waals surface area contributed by atoms with Crippen LogP contribution in [0.5, 0.6) is 0 Å². The van der Waals surface area contributed by atoms with Crippen LogP contribution in [0.25, 0.3) is 11.1 Å². The molecule has 0 spiro atoms. The summed E-state index contributed by atoms with van der Waals surface area (Å²) < 4.78 is 32.3. The Balaban J connectivity index is 1.43. The number of nitrogens with zero attached hydrogens (tertiary/aromatic N) is 3. The number of carbonyl (C=O) groups is 1. The molecule has 0 saturated carbocycles. The maximum Gasteiger partial charge on any atom is 0.253 e. The number of amides is 1. The van der Waals surface area contributed by atoms with Crippen molar-refractivity contribution in [2.45, 2.75) is 18.7 Å². The van der Waals surface area contributed by atoms with Crippen LogP contribution in [0.1, 0.15) is 21.8 Å². The summed E-state index contributed by atoms with van der Waals surface area (Å²) in [7, 11) is -3.69. The first-order valence-electron chi connectivity index (χ1n) is 9.76. The molecule has 0 aliphatic carbocycles. The predicted molar refractivity (Wildman–Crippen MR) is 113 cm³/mol. The molecular formula is C22H23N3O4S. The molecular weight excluding hydrogens is 402 g/mol. The zero-order chi connectivity index (χ0) is 21.3. The average Bonchev–Trinajstić information content (AvgIpc) is 3.13. The first-order valence-corrected chi connectivity index (χ1v) is 11.2. The van der Waals surface area contributed by atoms with E-state index in [1.54, 1.807) is 18.7 Å². The van der Waals surface area contributed by atoms with Crippen LogP contribution in [0.3, 0.4) is 0 Å². The lowest BCUT2D eigenvalue weighted by Crippen LogP contribution is -2.50. The van der Waals surface area contributed by atoms with Crippen molar-refractivity contribution in [2.24, 2.45) is 0 Å². The maximum atomic E-state index is 12.9. The first kappa shape index (κ1) is 20.3. The van der Waals surface area contributed by atoms with Crippen LogP contribution < -0.4 is 0 Å². The van der Waals surface area contributed by atoms with Gasteiger partial charge in [-0.1, -0.05) is 47.6 Å². The maximum absolute atomic E-state index is 12.9. The summed E-state index contributed by atoms with van der Waals surface area (Å²) in [6, 6.07) is 17.5. The third-order valence-electron chi connectivity index (χ3n) is 5.33. The van der Waals surface area contributed by atoms with Gasteiger partial charge in [0.1, 0.15) is 10.6 Å². The Labute approximate surface area is 176 Å². The number of piperazine rings is 1. The number of carbonyl (C=O) groups excluding carboxylic acids is 1. The topological polar surface area (TPSA) is 83.7 Å². The molecule has 1 fully saturated rings. The van der Waals surface area contributed by atoms with Gasteiger partial charge in [0.25, 0.3) is 5.91 Å². The minimum atomic E-state index is -3.69. The summed E-state index contributed by atoms with van der Waals surface area (Å²) in [5.74, 6) is 0.188. The highest BCUT2D eigenvalue weighted by Crippen LogP contribution is 2.25. The van der Waals surface area contributed by atoms with Gasteiger partial charge in [-0.25, -0.2) is 8.42 Å². The van der Waals surface area contributed by atoms with Crippen LogP contribution in [-0.4, -0.2) is 54.9 Å². The van der Waals surface area contributed by atoms with Gasteiger partial charge in [-0.2, -0.15) is 4.31 Å². The standard InChI is InChI=1S/C22H23N3O4S/c1-16-21(17(2)29-23-16)30(27,28)25-14-12-24(13-15-25)22(26)20-10-8-19(9-11-20)18-6-4-3-5-7-18/h3-11H,12-15H2,1-2H3. The van der Waals surface area contributed by atoms with Gasteiger partial charge < -0.3 is 9.42 Å². The Bertz CT molecular complexity index is 1130. The highest BCUT2D eigenvalue weighted by atomic mass is 32.2. The first-order chi connectivity index (χ1) is 14.4. The summed E-state index contributed by atoms with van der Waals surface area (Å²) in [6.45, 7) is 4.35. The fraction of sp³-hybridized carbons (Fsp3) is 0.273. The number of hydrogen-bond acceptors (Lipinski definition) is 5. The number of aromatic nitrogens is 1. The van der Waals surface area contributed by atoms with E-state index in [-0.39, 0.29) is 29.7 Å². The summed E-state index contributed by atoms with van der Waals surface area (Å²) in [4.78, 5) is 14.7. The van der Waals surface area contributed by atoms with E-state index < -0.39 is 10.0 Å². The van der Waals surface area contributed by atoms with Crippen molar-refractivity contribution in [2.75, 3.05) is 26.2 Å². The van der Waals surface area contributed by atoms with Crippen LogP contribution in [-0.2, 0) is 10.0 Å². The van der Waals surface area contributed by atoms with Crippen LogP contribution in [0.15, 0.2) is 64.0 Å². The SMILES string of the molecule is Cc1noc(C)c1S(=O)(=O)N1CCN(C(=O)c2ccc(-c3ccccc3)cc2)CC1. The number of sulfonamides is 1. The lowest BCUT2D eigenvalue weighted by Gasteiger charge is -2.34. The van der Waals surface area contributed by atoms with Gasteiger partial charge in [-0.05, 0) is 37.1 Å². The second-order valence-corrected chi connectivity index (χ2v) is 9.17. The second-order valence-electron chi connectivity index (χ2n) is 7.29. The fourth-order valence-electron chi connectivity index (χ4n) is 3.72. The van der Waals surface area contributed by atoms with Crippen molar-refractivity contribution in [3.05, 3.63) is 71.6 Å². The van der Waals surface area contributed by atoms with E-state index >= 15 is 0 Å². The molecule has 1 amide bonds. The lowest BCUT2D eigenvalue weighted by molar-refractivity contribution is 0.0698. The van der Waals surface area contributed by atoms with E-state index in [1.165, 1.54) is 4.31 Å². The summed E-state index contributed by atoms with van der Waals surface area (Å²) in [5.41, 5.74) is 3.08. The Morgan fingerprint density at radius 1 is 0.900 bits per heavy atom. The van der Waals surface area contributed by atoms with Gasteiger partial charge in [0, 0.05) is 31.7 Å². The summed E-state index contributed by atoms with van der Waals surface area (Å²) in [5, 5.41) is 3.74. The predicted octanol–water partition coefficient (Wildman–Crippen LogP) is 3.11. The minimum absolute atomic E-state index is 0.0935. The van der Waals surface area contributed by atoms with E-state index in [9.17, 15) is 13.2 Å². The molecule has 4 rings (SSSR count). The number of benzene rings is 2. The highest BCUT2D eigenvalue weighted by Gasteiger charge is 2.34.